The molecule has 0 aliphatic heterocycles. The van der Waals surface area contributed by atoms with Crippen LogP contribution in [0.2, 0.25) is 0 Å². The van der Waals surface area contributed by atoms with E-state index in [0.29, 0.717) is 17.6 Å². The van der Waals surface area contributed by atoms with E-state index < -0.39 is 10.0 Å². The summed E-state index contributed by atoms with van der Waals surface area (Å²) < 4.78 is 28.0. The molecule has 0 bridgehead atoms. The second kappa shape index (κ2) is 5.66. The van der Waals surface area contributed by atoms with Crippen molar-refractivity contribution in [3.05, 3.63) is 30.5 Å². The molecule has 20 heavy (non-hydrogen) atoms. The molecule has 0 aliphatic carbocycles. The average molecular weight is 294 g/mol. The normalized spacial score (nSPS) is 11.7. The number of aromatic nitrogens is 1. The van der Waals surface area contributed by atoms with Crippen molar-refractivity contribution in [1.82, 2.24) is 4.57 Å². The molecule has 0 radical (unpaired) electrons. The van der Waals surface area contributed by atoms with Crippen molar-refractivity contribution in [2.45, 2.75) is 26.7 Å². The quantitative estimate of drug-likeness (QED) is 0.922. The largest absolute Gasteiger partial charge is 0.285 e. The average Bonchev–Trinajstić information content (AvgIpc) is 2.81. The Labute approximate surface area is 118 Å². The van der Waals surface area contributed by atoms with Gasteiger partial charge in [-0.1, -0.05) is 25.5 Å². The van der Waals surface area contributed by atoms with Crippen LogP contribution in [0.25, 0.3) is 10.9 Å². The van der Waals surface area contributed by atoms with E-state index in [1.807, 2.05) is 13.0 Å². The number of sulfonamides is 1. The minimum absolute atomic E-state index is 0.0840. The van der Waals surface area contributed by atoms with Crippen molar-refractivity contribution in [3.8, 4) is 0 Å². The Morgan fingerprint density at radius 3 is 2.70 bits per heavy atom. The monoisotopic (exact) mass is 294 g/mol. The van der Waals surface area contributed by atoms with Crippen molar-refractivity contribution in [3.63, 3.8) is 0 Å². The molecule has 0 unspecified atom stereocenters. The fraction of sp³-hybridized carbons (Fsp3) is 0.357. The Kier molecular flexibility index (Phi) is 4.13. The number of carbonyl (C=O) groups is 1. The number of rotatable bonds is 5. The fourth-order valence-electron chi connectivity index (χ4n) is 2.09. The lowest BCUT2D eigenvalue weighted by Crippen LogP contribution is -2.17. The summed E-state index contributed by atoms with van der Waals surface area (Å²) in [6.07, 6.45) is 3.07. The van der Waals surface area contributed by atoms with Gasteiger partial charge in [0.25, 0.3) is 0 Å². The van der Waals surface area contributed by atoms with Gasteiger partial charge >= 0.3 is 0 Å². The first-order chi connectivity index (χ1) is 9.44. The summed E-state index contributed by atoms with van der Waals surface area (Å²) in [4.78, 5) is 11.6. The Morgan fingerprint density at radius 2 is 2.05 bits per heavy atom. The van der Waals surface area contributed by atoms with Gasteiger partial charge in [0.05, 0.1) is 17.0 Å². The summed E-state index contributed by atoms with van der Waals surface area (Å²) in [6.45, 7) is 3.39. The molecule has 0 amide bonds. The summed E-state index contributed by atoms with van der Waals surface area (Å²) >= 11 is 0. The number of para-hydroxylation sites is 1. The zero-order valence-electron chi connectivity index (χ0n) is 11.6. The van der Waals surface area contributed by atoms with Gasteiger partial charge in [0.15, 0.2) is 0 Å². The molecule has 2 rings (SSSR count). The molecule has 1 heterocycles. The topological polar surface area (TPSA) is 68.2 Å². The molecule has 0 saturated carbocycles. The zero-order chi connectivity index (χ0) is 14.8. The van der Waals surface area contributed by atoms with Crippen LogP contribution in [0.1, 0.15) is 31.5 Å². The Morgan fingerprint density at radius 1 is 1.30 bits per heavy atom. The van der Waals surface area contributed by atoms with Crippen molar-refractivity contribution in [2.24, 2.45) is 0 Å². The van der Waals surface area contributed by atoms with Gasteiger partial charge < -0.3 is 0 Å². The zero-order valence-corrected chi connectivity index (χ0v) is 12.4. The molecule has 2 aromatic rings. The number of fused-ring (bicyclic) bond motifs is 1. The minimum Gasteiger partial charge on any atom is -0.285 e. The van der Waals surface area contributed by atoms with Crippen LogP contribution >= 0.6 is 0 Å². The van der Waals surface area contributed by atoms with Crippen LogP contribution in [0.5, 0.6) is 0 Å². The van der Waals surface area contributed by atoms with Crippen LogP contribution in [0, 0.1) is 0 Å². The molecule has 0 saturated heterocycles. The van der Waals surface area contributed by atoms with Crippen LogP contribution in [0.4, 0.5) is 5.69 Å². The molecule has 5 nitrogen and oxygen atoms in total. The number of nitrogens with one attached hydrogen (secondary N) is 1. The predicted octanol–water partition coefficient (Wildman–Crippen LogP) is 2.84. The summed E-state index contributed by atoms with van der Waals surface area (Å²) in [5, 5.41) is 0.830. The molecular weight excluding hydrogens is 276 g/mol. The van der Waals surface area contributed by atoms with E-state index >= 15 is 0 Å². The van der Waals surface area contributed by atoms with Crippen LogP contribution in [-0.2, 0) is 10.0 Å². The third kappa shape index (κ3) is 3.01. The lowest BCUT2D eigenvalue weighted by Gasteiger charge is -2.10. The summed E-state index contributed by atoms with van der Waals surface area (Å²) in [5.74, 6) is -0.0686. The van der Waals surface area contributed by atoms with E-state index in [4.69, 9.17) is 0 Å². The van der Waals surface area contributed by atoms with Crippen LogP contribution in [0.15, 0.2) is 30.5 Å². The first kappa shape index (κ1) is 14.6. The molecule has 0 atom stereocenters. The number of anilines is 1. The number of benzene rings is 1. The molecule has 0 aliphatic rings. The standard InChI is InChI=1S/C14H18N2O3S/c1-3-4-10-20(18,19)15-13-7-5-6-12-8-9-16(11(2)17)14(12)13/h5-9,15H,3-4,10H2,1-2H3. The molecule has 0 fully saturated rings. The second-order valence-corrected chi connectivity index (χ2v) is 6.56. The maximum absolute atomic E-state index is 12.0. The van der Waals surface area contributed by atoms with E-state index in [0.717, 1.165) is 11.8 Å². The highest BCUT2D eigenvalue weighted by molar-refractivity contribution is 7.92. The van der Waals surface area contributed by atoms with Gasteiger partial charge in [-0.25, -0.2) is 8.42 Å². The Hall–Kier alpha value is -1.82. The summed E-state index contributed by atoms with van der Waals surface area (Å²) in [5.41, 5.74) is 1.04. The number of hydrogen-bond acceptors (Lipinski definition) is 3. The van der Waals surface area contributed by atoms with Gasteiger partial charge in [-0.2, -0.15) is 0 Å². The summed E-state index contributed by atoms with van der Waals surface area (Å²) in [7, 11) is -3.38. The highest BCUT2D eigenvalue weighted by Crippen LogP contribution is 2.25. The predicted molar refractivity (Wildman–Crippen MR) is 80.6 cm³/mol. The molecule has 0 spiro atoms. The van der Waals surface area contributed by atoms with Crippen molar-refractivity contribution >= 4 is 32.5 Å². The highest BCUT2D eigenvalue weighted by Gasteiger charge is 2.14. The van der Waals surface area contributed by atoms with E-state index in [2.05, 4.69) is 4.72 Å². The van der Waals surface area contributed by atoms with Crippen molar-refractivity contribution in [2.75, 3.05) is 10.5 Å². The molecule has 108 valence electrons. The molecule has 6 heteroatoms. The van der Waals surface area contributed by atoms with E-state index in [1.165, 1.54) is 11.5 Å². The van der Waals surface area contributed by atoms with E-state index in [-0.39, 0.29) is 11.7 Å². The van der Waals surface area contributed by atoms with E-state index in [9.17, 15) is 13.2 Å². The van der Waals surface area contributed by atoms with Gasteiger partial charge in [0, 0.05) is 18.5 Å². The minimum atomic E-state index is -3.38. The van der Waals surface area contributed by atoms with Gasteiger partial charge in [-0.15, -0.1) is 0 Å². The smallest absolute Gasteiger partial charge is 0.232 e. The highest BCUT2D eigenvalue weighted by atomic mass is 32.2. The SMILES string of the molecule is CCCCS(=O)(=O)Nc1cccc2ccn(C(C)=O)c12. The van der Waals surface area contributed by atoms with Crippen molar-refractivity contribution < 1.29 is 13.2 Å². The van der Waals surface area contributed by atoms with E-state index in [1.54, 1.807) is 24.4 Å². The number of carbonyl (C=O) groups excluding carboxylic acids is 1. The molecule has 1 aromatic heterocycles. The van der Waals surface area contributed by atoms with Crippen LogP contribution in [0.3, 0.4) is 0 Å². The third-order valence-electron chi connectivity index (χ3n) is 3.08. The van der Waals surface area contributed by atoms with Gasteiger partial charge in [0.2, 0.25) is 15.9 Å². The fourth-order valence-corrected chi connectivity index (χ4v) is 3.36. The lowest BCUT2D eigenvalue weighted by atomic mass is 10.2. The Balaban J connectivity index is 2.44. The third-order valence-corrected chi connectivity index (χ3v) is 4.44. The second-order valence-electron chi connectivity index (χ2n) is 4.72. The Bertz CT molecular complexity index is 732. The van der Waals surface area contributed by atoms with Gasteiger partial charge in [0.1, 0.15) is 0 Å². The van der Waals surface area contributed by atoms with Gasteiger partial charge in [-0.05, 0) is 18.6 Å². The number of nitrogens with zero attached hydrogens (tertiary/aromatic N) is 1. The number of unbranched alkanes of at least 4 members (excludes halogenated alkanes) is 1. The lowest BCUT2D eigenvalue weighted by molar-refractivity contribution is 0.0941. The van der Waals surface area contributed by atoms with Crippen molar-refractivity contribution in [1.29, 1.82) is 0 Å². The van der Waals surface area contributed by atoms with Gasteiger partial charge in [-0.3, -0.25) is 14.1 Å². The van der Waals surface area contributed by atoms with Crippen LogP contribution < -0.4 is 4.72 Å². The maximum Gasteiger partial charge on any atom is 0.232 e. The maximum atomic E-state index is 12.0. The molecule has 1 aromatic carbocycles. The first-order valence-corrected chi connectivity index (χ1v) is 8.21. The first-order valence-electron chi connectivity index (χ1n) is 6.56. The van der Waals surface area contributed by atoms with Crippen LogP contribution in [-0.4, -0.2) is 24.6 Å². The molecular formula is C14H18N2O3S. The number of hydrogen-bond donors (Lipinski definition) is 1. The molecule has 1 N–H and O–H groups in total. The summed E-state index contributed by atoms with van der Waals surface area (Å²) in [6, 6.07) is 7.08.